The number of pyridine rings is 1. The van der Waals surface area contributed by atoms with Crippen molar-refractivity contribution >= 4 is 5.96 Å². The van der Waals surface area contributed by atoms with Gasteiger partial charge in [0.1, 0.15) is 12.4 Å². The molecule has 0 amide bonds. The van der Waals surface area contributed by atoms with Gasteiger partial charge >= 0.3 is 0 Å². The predicted octanol–water partition coefficient (Wildman–Crippen LogP) is 3.12. The van der Waals surface area contributed by atoms with E-state index in [2.05, 4.69) is 47.4 Å². The van der Waals surface area contributed by atoms with E-state index >= 15 is 0 Å². The van der Waals surface area contributed by atoms with Crippen molar-refractivity contribution < 1.29 is 4.74 Å². The van der Waals surface area contributed by atoms with Crippen molar-refractivity contribution in [3.8, 4) is 5.75 Å². The summed E-state index contributed by atoms with van der Waals surface area (Å²) in [5.74, 6) is 1.61. The lowest BCUT2D eigenvalue weighted by atomic mass is 10.1. The molecule has 0 bridgehead atoms. The highest BCUT2D eigenvalue weighted by Crippen LogP contribution is 2.14. The maximum Gasteiger partial charge on any atom is 0.191 e. The molecule has 0 aliphatic rings. The van der Waals surface area contributed by atoms with Gasteiger partial charge in [-0.2, -0.15) is 0 Å². The Kier molecular flexibility index (Phi) is 6.18. The molecule has 2 aromatic rings. The minimum absolute atomic E-state index is 0.0323. The van der Waals surface area contributed by atoms with Crippen LogP contribution in [0.25, 0.3) is 0 Å². The van der Waals surface area contributed by atoms with Crippen LogP contribution in [0.3, 0.4) is 0 Å². The Morgan fingerprint density at radius 3 is 2.67 bits per heavy atom. The molecule has 0 saturated carbocycles. The average molecular weight is 326 g/mol. The van der Waals surface area contributed by atoms with Crippen LogP contribution in [0.5, 0.6) is 5.75 Å². The Morgan fingerprint density at radius 2 is 2.00 bits per heavy atom. The van der Waals surface area contributed by atoms with Gasteiger partial charge in [0.05, 0.1) is 5.69 Å². The van der Waals surface area contributed by atoms with Gasteiger partial charge in [0.25, 0.3) is 0 Å². The largest absolute Gasteiger partial charge is 0.487 e. The molecule has 0 spiro atoms. The van der Waals surface area contributed by atoms with Crippen LogP contribution in [-0.4, -0.2) is 23.5 Å². The van der Waals surface area contributed by atoms with Crippen LogP contribution in [0.4, 0.5) is 0 Å². The van der Waals surface area contributed by atoms with Crippen LogP contribution in [0, 0.1) is 0 Å². The second kappa shape index (κ2) is 8.34. The van der Waals surface area contributed by atoms with E-state index in [0.717, 1.165) is 23.0 Å². The fraction of sp³-hybridized carbons (Fsp3) is 0.368. The van der Waals surface area contributed by atoms with Gasteiger partial charge in [-0.05, 0) is 50.6 Å². The van der Waals surface area contributed by atoms with E-state index in [0.29, 0.717) is 13.2 Å². The summed E-state index contributed by atoms with van der Waals surface area (Å²) in [6, 6.07) is 13.8. The van der Waals surface area contributed by atoms with Gasteiger partial charge in [0.2, 0.25) is 0 Å². The van der Waals surface area contributed by atoms with E-state index < -0.39 is 0 Å². The quantitative estimate of drug-likeness (QED) is 0.655. The fourth-order valence-electron chi connectivity index (χ4n) is 2.11. The van der Waals surface area contributed by atoms with Gasteiger partial charge in [-0.1, -0.05) is 18.2 Å². The first-order valence-corrected chi connectivity index (χ1v) is 8.07. The molecule has 0 fully saturated rings. The summed E-state index contributed by atoms with van der Waals surface area (Å²) in [4.78, 5) is 8.50. The molecule has 1 heterocycles. The summed E-state index contributed by atoms with van der Waals surface area (Å²) >= 11 is 0. The van der Waals surface area contributed by atoms with Crippen LogP contribution in [0.2, 0.25) is 0 Å². The molecule has 1 aromatic heterocycles. The number of nitrogens with zero attached hydrogens (tertiary/aromatic N) is 2. The van der Waals surface area contributed by atoms with Crippen molar-refractivity contribution in [3.63, 3.8) is 0 Å². The summed E-state index contributed by atoms with van der Waals surface area (Å²) in [7, 11) is 1.77. The molecule has 0 aliphatic heterocycles. The van der Waals surface area contributed by atoms with E-state index in [4.69, 9.17) is 4.74 Å². The maximum atomic E-state index is 5.81. The third-order valence-corrected chi connectivity index (χ3v) is 3.19. The second-order valence-electron chi connectivity index (χ2n) is 6.56. The Bertz CT molecular complexity index is 663. The summed E-state index contributed by atoms with van der Waals surface area (Å²) in [6.45, 7) is 7.45. The molecular weight excluding hydrogens is 300 g/mol. The van der Waals surface area contributed by atoms with E-state index in [1.165, 1.54) is 0 Å². The molecule has 5 heteroatoms. The first kappa shape index (κ1) is 17.8. The smallest absolute Gasteiger partial charge is 0.191 e. The molecule has 0 atom stereocenters. The molecular formula is C19H26N4O. The summed E-state index contributed by atoms with van der Waals surface area (Å²) in [6.07, 6.45) is 1.77. The minimum atomic E-state index is -0.0323. The molecule has 0 unspecified atom stereocenters. The van der Waals surface area contributed by atoms with Gasteiger partial charge in [-0.15, -0.1) is 0 Å². The molecule has 128 valence electrons. The summed E-state index contributed by atoms with van der Waals surface area (Å²) in [5.41, 5.74) is 2.01. The monoisotopic (exact) mass is 326 g/mol. The summed E-state index contributed by atoms with van der Waals surface area (Å²) in [5, 5.41) is 6.65. The number of aliphatic imine (C=N–C) groups is 1. The first-order chi connectivity index (χ1) is 11.5. The molecule has 0 radical (unpaired) electrons. The van der Waals surface area contributed by atoms with Crippen molar-refractivity contribution in [2.24, 2.45) is 4.99 Å². The molecule has 0 saturated heterocycles. The van der Waals surface area contributed by atoms with E-state index in [1.807, 2.05) is 36.4 Å². The number of benzene rings is 1. The van der Waals surface area contributed by atoms with Crippen LogP contribution in [0.15, 0.2) is 53.7 Å². The highest BCUT2D eigenvalue weighted by Gasteiger charge is 2.11. The zero-order chi connectivity index (χ0) is 17.4. The van der Waals surface area contributed by atoms with E-state index in [1.54, 1.807) is 13.2 Å². The number of hydrogen-bond donors (Lipinski definition) is 2. The average Bonchev–Trinajstić information content (AvgIpc) is 2.57. The maximum absolute atomic E-state index is 5.81. The lowest BCUT2D eigenvalue weighted by molar-refractivity contribution is 0.301. The van der Waals surface area contributed by atoms with Crippen molar-refractivity contribution in [2.45, 2.75) is 39.5 Å². The molecule has 2 N–H and O–H groups in total. The van der Waals surface area contributed by atoms with E-state index in [-0.39, 0.29) is 5.54 Å². The Hall–Kier alpha value is -2.56. The Labute approximate surface area is 144 Å². The number of nitrogens with one attached hydrogen (secondary N) is 2. The molecule has 0 aliphatic carbocycles. The first-order valence-electron chi connectivity index (χ1n) is 8.07. The highest BCUT2D eigenvalue weighted by molar-refractivity contribution is 5.80. The zero-order valence-electron chi connectivity index (χ0n) is 14.8. The lowest BCUT2D eigenvalue weighted by Crippen LogP contribution is -2.47. The van der Waals surface area contributed by atoms with Crippen molar-refractivity contribution in [3.05, 3.63) is 59.9 Å². The molecule has 24 heavy (non-hydrogen) atoms. The number of hydrogen-bond acceptors (Lipinski definition) is 3. The van der Waals surface area contributed by atoms with Gasteiger partial charge < -0.3 is 15.4 Å². The van der Waals surface area contributed by atoms with Crippen LogP contribution < -0.4 is 15.4 Å². The zero-order valence-corrected chi connectivity index (χ0v) is 14.8. The van der Waals surface area contributed by atoms with Gasteiger partial charge in [0, 0.05) is 25.3 Å². The van der Waals surface area contributed by atoms with Gasteiger partial charge in [0.15, 0.2) is 5.96 Å². The SMILES string of the molecule is CN=C(NCc1cccc(OCc2ccccn2)c1)NC(C)(C)C. The standard InChI is InChI=1S/C19H26N4O/c1-19(2,3)23-18(20-4)22-13-15-8-7-10-17(12-15)24-14-16-9-5-6-11-21-16/h5-12H,13-14H2,1-4H3,(H2,20,22,23). The number of rotatable bonds is 5. The minimum Gasteiger partial charge on any atom is -0.487 e. The van der Waals surface area contributed by atoms with Crippen LogP contribution >= 0.6 is 0 Å². The molecule has 2 rings (SSSR count). The number of aromatic nitrogens is 1. The molecule has 5 nitrogen and oxygen atoms in total. The van der Waals surface area contributed by atoms with Crippen molar-refractivity contribution in [1.29, 1.82) is 0 Å². The van der Waals surface area contributed by atoms with Gasteiger partial charge in [-0.3, -0.25) is 9.98 Å². The topological polar surface area (TPSA) is 58.5 Å². The Morgan fingerprint density at radius 1 is 1.17 bits per heavy atom. The third kappa shape index (κ3) is 6.28. The third-order valence-electron chi connectivity index (χ3n) is 3.19. The van der Waals surface area contributed by atoms with E-state index in [9.17, 15) is 0 Å². The van der Waals surface area contributed by atoms with Crippen molar-refractivity contribution in [1.82, 2.24) is 15.6 Å². The predicted molar refractivity (Wildman–Crippen MR) is 98.1 cm³/mol. The number of guanidine groups is 1. The number of ether oxygens (including phenoxy) is 1. The van der Waals surface area contributed by atoms with Gasteiger partial charge in [-0.25, -0.2) is 0 Å². The molecule has 1 aromatic carbocycles. The second-order valence-corrected chi connectivity index (χ2v) is 6.56. The van der Waals surface area contributed by atoms with Crippen LogP contribution in [-0.2, 0) is 13.2 Å². The highest BCUT2D eigenvalue weighted by atomic mass is 16.5. The Balaban J connectivity index is 1.90. The fourth-order valence-corrected chi connectivity index (χ4v) is 2.11. The normalized spacial score (nSPS) is 11.9. The lowest BCUT2D eigenvalue weighted by Gasteiger charge is -2.23. The van der Waals surface area contributed by atoms with Crippen molar-refractivity contribution in [2.75, 3.05) is 7.05 Å². The summed E-state index contributed by atoms with van der Waals surface area (Å²) < 4.78 is 5.81. The van der Waals surface area contributed by atoms with Crippen LogP contribution in [0.1, 0.15) is 32.0 Å².